The molecule has 0 fully saturated rings. The number of ether oxygens (including phenoxy) is 2. The summed E-state index contributed by atoms with van der Waals surface area (Å²) in [6.45, 7) is 1.72. The molecule has 0 bridgehead atoms. The Hall–Kier alpha value is -2.49. The van der Waals surface area contributed by atoms with Crippen LogP contribution in [-0.2, 0) is 0 Å². The van der Waals surface area contributed by atoms with Gasteiger partial charge in [0.05, 0.1) is 5.71 Å². The fourth-order valence-corrected chi connectivity index (χ4v) is 1.81. The van der Waals surface area contributed by atoms with Gasteiger partial charge in [-0.3, -0.25) is 0 Å². The van der Waals surface area contributed by atoms with Gasteiger partial charge in [0.2, 0.25) is 0 Å². The van der Waals surface area contributed by atoms with Crippen LogP contribution in [0.5, 0.6) is 23.0 Å². The maximum atomic E-state index is 8.77. The average Bonchev–Trinajstić information content (AvgIpc) is 2.43. The van der Waals surface area contributed by atoms with Crippen LogP contribution in [0.4, 0.5) is 0 Å². The molecule has 0 saturated carbocycles. The molecule has 0 aliphatic carbocycles. The van der Waals surface area contributed by atoms with Crippen LogP contribution in [0.2, 0.25) is 0 Å². The number of hydrogen-bond acceptors (Lipinski definition) is 4. The molecule has 1 heterocycles. The lowest BCUT2D eigenvalue weighted by Gasteiger charge is -2.20. The number of rotatable bonds is 1. The van der Waals surface area contributed by atoms with Crippen LogP contribution in [0.15, 0.2) is 47.6 Å². The van der Waals surface area contributed by atoms with Crippen molar-refractivity contribution in [1.29, 1.82) is 0 Å². The normalized spacial score (nSPS) is 13.1. The first-order valence-corrected chi connectivity index (χ1v) is 5.56. The van der Waals surface area contributed by atoms with E-state index in [2.05, 4.69) is 5.16 Å². The van der Waals surface area contributed by atoms with E-state index in [0.29, 0.717) is 28.7 Å². The molecule has 4 nitrogen and oxygen atoms in total. The molecule has 1 aliphatic heterocycles. The molecule has 4 heteroatoms. The second kappa shape index (κ2) is 4.07. The summed E-state index contributed by atoms with van der Waals surface area (Å²) in [6, 6.07) is 12.9. The Morgan fingerprint density at radius 3 is 2.22 bits per heavy atom. The molecule has 1 aliphatic rings. The smallest absolute Gasteiger partial charge is 0.170 e. The average molecular weight is 241 g/mol. The van der Waals surface area contributed by atoms with Gasteiger partial charge in [-0.25, -0.2) is 0 Å². The zero-order valence-corrected chi connectivity index (χ0v) is 9.75. The topological polar surface area (TPSA) is 51.1 Å². The molecule has 3 rings (SSSR count). The number of benzene rings is 2. The van der Waals surface area contributed by atoms with Crippen LogP contribution in [0.1, 0.15) is 12.5 Å². The van der Waals surface area contributed by atoms with E-state index in [1.165, 1.54) is 0 Å². The van der Waals surface area contributed by atoms with Gasteiger partial charge in [-0.2, -0.15) is 0 Å². The first kappa shape index (κ1) is 10.7. The van der Waals surface area contributed by atoms with E-state index in [9.17, 15) is 0 Å². The van der Waals surface area contributed by atoms with Gasteiger partial charge in [-0.1, -0.05) is 17.3 Å². The van der Waals surface area contributed by atoms with Crippen molar-refractivity contribution < 1.29 is 14.7 Å². The summed E-state index contributed by atoms with van der Waals surface area (Å²) < 4.78 is 11.5. The van der Waals surface area contributed by atoms with E-state index in [4.69, 9.17) is 14.7 Å². The molecular formula is C14H11NO3. The molecular weight excluding hydrogens is 230 g/mol. The summed E-state index contributed by atoms with van der Waals surface area (Å²) in [4.78, 5) is 0. The van der Waals surface area contributed by atoms with E-state index < -0.39 is 0 Å². The summed E-state index contributed by atoms with van der Waals surface area (Å²) in [5, 5.41) is 11.9. The van der Waals surface area contributed by atoms with Gasteiger partial charge in [-0.15, -0.1) is 0 Å². The number of para-hydroxylation sites is 2. The molecule has 0 atom stereocenters. The quantitative estimate of drug-likeness (QED) is 0.400. The molecule has 1 N–H and O–H groups in total. The lowest BCUT2D eigenvalue weighted by Crippen LogP contribution is -2.01. The van der Waals surface area contributed by atoms with Crippen molar-refractivity contribution >= 4 is 5.71 Å². The largest absolute Gasteiger partial charge is 0.450 e. The summed E-state index contributed by atoms with van der Waals surface area (Å²) in [7, 11) is 0. The Morgan fingerprint density at radius 2 is 1.56 bits per heavy atom. The molecule has 90 valence electrons. The lowest BCUT2D eigenvalue weighted by molar-refractivity contribution is 0.319. The standard InChI is InChI=1S/C14H11NO3/c1-9(15-16)10-6-7-13-14(8-10)18-12-5-3-2-4-11(12)17-13/h2-8,16H,1H3/b15-9-. The van der Waals surface area contributed by atoms with Crippen LogP contribution < -0.4 is 9.47 Å². The van der Waals surface area contributed by atoms with Gasteiger partial charge in [0, 0.05) is 5.56 Å². The minimum Gasteiger partial charge on any atom is -0.450 e. The highest BCUT2D eigenvalue weighted by atomic mass is 16.6. The Morgan fingerprint density at radius 1 is 0.944 bits per heavy atom. The maximum Gasteiger partial charge on any atom is 0.170 e. The van der Waals surface area contributed by atoms with E-state index in [1.807, 2.05) is 30.3 Å². The third kappa shape index (κ3) is 1.68. The molecule has 0 saturated heterocycles. The molecule has 2 aromatic carbocycles. The van der Waals surface area contributed by atoms with E-state index >= 15 is 0 Å². The summed E-state index contributed by atoms with van der Waals surface area (Å²) >= 11 is 0. The molecule has 2 aromatic rings. The molecule has 0 radical (unpaired) electrons. The van der Waals surface area contributed by atoms with E-state index in [-0.39, 0.29) is 0 Å². The van der Waals surface area contributed by atoms with Gasteiger partial charge in [-0.05, 0) is 37.3 Å². The second-order valence-corrected chi connectivity index (χ2v) is 4.00. The highest BCUT2D eigenvalue weighted by Gasteiger charge is 2.18. The van der Waals surface area contributed by atoms with E-state index in [0.717, 1.165) is 5.56 Å². The van der Waals surface area contributed by atoms with E-state index in [1.54, 1.807) is 19.1 Å². The van der Waals surface area contributed by atoms with Crippen molar-refractivity contribution in [2.75, 3.05) is 0 Å². The first-order chi connectivity index (χ1) is 8.78. The molecule has 0 spiro atoms. The molecule has 18 heavy (non-hydrogen) atoms. The third-order valence-corrected chi connectivity index (χ3v) is 2.80. The van der Waals surface area contributed by atoms with Crippen LogP contribution in [0, 0.1) is 0 Å². The van der Waals surface area contributed by atoms with Gasteiger partial charge in [0.25, 0.3) is 0 Å². The number of fused-ring (bicyclic) bond motifs is 2. The Balaban J connectivity index is 2.03. The van der Waals surface area contributed by atoms with Crippen LogP contribution in [-0.4, -0.2) is 10.9 Å². The van der Waals surface area contributed by atoms with Crippen LogP contribution in [0.25, 0.3) is 0 Å². The Labute approximate surface area is 104 Å². The van der Waals surface area contributed by atoms with Gasteiger partial charge < -0.3 is 14.7 Å². The molecule has 0 amide bonds. The van der Waals surface area contributed by atoms with Crippen LogP contribution >= 0.6 is 0 Å². The minimum absolute atomic E-state index is 0.528. The Bertz CT molecular complexity index is 635. The second-order valence-electron chi connectivity index (χ2n) is 4.00. The third-order valence-electron chi connectivity index (χ3n) is 2.80. The number of hydrogen-bond donors (Lipinski definition) is 1. The Kier molecular flexibility index (Phi) is 2.41. The number of oxime groups is 1. The predicted octanol–water partition coefficient (Wildman–Crippen LogP) is 3.78. The summed E-state index contributed by atoms with van der Waals surface area (Å²) in [5.74, 6) is 2.66. The fourth-order valence-electron chi connectivity index (χ4n) is 1.81. The van der Waals surface area contributed by atoms with Crippen LogP contribution in [0.3, 0.4) is 0 Å². The monoisotopic (exact) mass is 241 g/mol. The highest BCUT2D eigenvalue weighted by Crippen LogP contribution is 2.45. The van der Waals surface area contributed by atoms with Gasteiger partial charge in [0.1, 0.15) is 0 Å². The van der Waals surface area contributed by atoms with Crippen molar-refractivity contribution in [1.82, 2.24) is 0 Å². The lowest BCUT2D eigenvalue weighted by atomic mass is 10.1. The van der Waals surface area contributed by atoms with Gasteiger partial charge in [0.15, 0.2) is 23.0 Å². The molecule has 0 aromatic heterocycles. The van der Waals surface area contributed by atoms with Crippen molar-refractivity contribution in [3.05, 3.63) is 48.0 Å². The summed E-state index contributed by atoms with van der Waals surface area (Å²) in [6.07, 6.45) is 0. The number of nitrogens with zero attached hydrogens (tertiary/aromatic N) is 1. The highest BCUT2D eigenvalue weighted by molar-refractivity contribution is 5.98. The van der Waals surface area contributed by atoms with Crippen molar-refractivity contribution in [3.8, 4) is 23.0 Å². The first-order valence-electron chi connectivity index (χ1n) is 5.56. The summed E-state index contributed by atoms with van der Waals surface area (Å²) in [5.41, 5.74) is 1.32. The minimum atomic E-state index is 0.528. The van der Waals surface area contributed by atoms with Crippen molar-refractivity contribution in [2.45, 2.75) is 6.92 Å². The zero-order valence-electron chi connectivity index (χ0n) is 9.75. The zero-order chi connectivity index (χ0) is 12.5. The molecule has 0 unspecified atom stereocenters. The predicted molar refractivity (Wildman–Crippen MR) is 67.0 cm³/mol. The van der Waals surface area contributed by atoms with Gasteiger partial charge >= 0.3 is 0 Å². The van der Waals surface area contributed by atoms with Crippen molar-refractivity contribution in [2.24, 2.45) is 5.16 Å². The van der Waals surface area contributed by atoms with Crippen molar-refractivity contribution in [3.63, 3.8) is 0 Å². The SMILES string of the molecule is C/C(=N/O)c1ccc2c(c1)Oc1ccccc1O2. The maximum absolute atomic E-state index is 8.77. The fraction of sp³-hybridized carbons (Fsp3) is 0.0714.